The van der Waals surface area contributed by atoms with Crippen molar-refractivity contribution < 1.29 is 14.2 Å². The zero-order chi connectivity index (χ0) is 17.2. The molecule has 1 unspecified atom stereocenters. The minimum atomic E-state index is -0.0179. The molecule has 3 aromatic rings. The van der Waals surface area contributed by atoms with E-state index >= 15 is 0 Å². The number of imidazole rings is 1. The van der Waals surface area contributed by atoms with Gasteiger partial charge >= 0.3 is 0 Å². The van der Waals surface area contributed by atoms with Crippen molar-refractivity contribution in [3.05, 3.63) is 41.6 Å². The lowest BCUT2D eigenvalue weighted by Gasteiger charge is -2.12. The smallest absolute Gasteiger partial charge is 0.251 e. The predicted octanol–water partition coefficient (Wildman–Crippen LogP) is 3.62. The van der Waals surface area contributed by atoms with Crippen LogP contribution in [0.5, 0.6) is 11.6 Å². The fraction of sp³-hybridized carbons (Fsp3) is 0.333. The minimum Gasteiger partial charge on any atom is -0.494 e. The average Bonchev–Trinajstić information content (AvgIpc) is 3.25. The van der Waals surface area contributed by atoms with Crippen molar-refractivity contribution in [2.45, 2.75) is 19.4 Å². The highest BCUT2D eigenvalue weighted by Gasteiger charge is 2.20. The maximum absolute atomic E-state index is 6.30. The molecular weight excluding hydrogens is 342 g/mol. The van der Waals surface area contributed by atoms with Crippen LogP contribution in [0.15, 0.2) is 36.5 Å². The summed E-state index contributed by atoms with van der Waals surface area (Å²) in [7, 11) is 0. The molecule has 0 saturated carbocycles. The Balaban J connectivity index is 1.73. The number of hydrogen-bond donors (Lipinski definition) is 0. The van der Waals surface area contributed by atoms with Gasteiger partial charge < -0.3 is 14.2 Å². The summed E-state index contributed by atoms with van der Waals surface area (Å²) < 4.78 is 18.6. The Morgan fingerprint density at radius 1 is 1.36 bits per heavy atom. The van der Waals surface area contributed by atoms with Crippen LogP contribution in [0.4, 0.5) is 0 Å². The van der Waals surface area contributed by atoms with Gasteiger partial charge in [0.1, 0.15) is 16.9 Å². The SMILES string of the molecule is CCOc1cccc(-c2cnc3cc(Cl)c(OC4CCOC4)nn23)c1. The molecule has 1 saturated heterocycles. The van der Waals surface area contributed by atoms with E-state index in [1.165, 1.54) is 0 Å². The molecule has 1 aliphatic rings. The highest BCUT2D eigenvalue weighted by molar-refractivity contribution is 6.32. The molecule has 7 heteroatoms. The van der Waals surface area contributed by atoms with Crippen molar-refractivity contribution in [3.8, 4) is 22.9 Å². The summed E-state index contributed by atoms with van der Waals surface area (Å²) in [5.41, 5.74) is 2.47. The van der Waals surface area contributed by atoms with Crippen LogP contribution in [-0.4, -0.2) is 40.5 Å². The molecule has 4 rings (SSSR count). The lowest BCUT2D eigenvalue weighted by Crippen LogP contribution is -2.17. The molecule has 1 fully saturated rings. The van der Waals surface area contributed by atoms with Gasteiger partial charge in [0, 0.05) is 18.1 Å². The molecule has 6 nitrogen and oxygen atoms in total. The van der Waals surface area contributed by atoms with Crippen LogP contribution in [0.25, 0.3) is 16.9 Å². The number of nitrogens with zero attached hydrogens (tertiary/aromatic N) is 3. The Hall–Kier alpha value is -2.31. The Labute approximate surface area is 150 Å². The van der Waals surface area contributed by atoms with Crippen LogP contribution < -0.4 is 9.47 Å². The fourth-order valence-electron chi connectivity index (χ4n) is 2.83. The number of rotatable bonds is 5. The van der Waals surface area contributed by atoms with Crippen molar-refractivity contribution in [3.63, 3.8) is 0 Å². The van der Waals surface area contributed by atoms with Crippen LogP contribution in [0.3, 0.4) is 0 Å². The molecule has 1 atom stereocenters. The molecule has 0 radical (unpaired) electrons. The third kappa shape index (κ3) is 3.27. The second kappa shape index (κ2) is 6.90. The van der Waals surface area contributed by atoms with Gasteiger partial charge in [0.05, 0.1) is 31.7 Å². The first kappa shape index (κ1) is 16.2. The monoisotopic (exact) mass is 359 g/mol. The lowest BCUT2D eigenvalue weighted by molar-refractivity contribution is 0.137. The first-order valence-electron chi connectivity index (χ1n) is 8.26. The van der Waals surface area contributed by atoms with E-state index in [2.05, 4.69) is 10.1 Å². The van der Waals surface area contributed by atoms with Crippen LogP contribution in [0.1, 0.15) is 13.3 Å². The van der Waals surface area contributed by atoms with Crippen LogP contribution >= 0.6 is 11.6 Å². The van der Waals surface area contributed by atoms with E-state index in [0.717, 1.165) is 23.4 Å². The number of hydrogen-bond acceptors (Lipinski definition) is 5. The van der Waals surface area contributed by atoms with Crippen LogP contribution in [0.2, 0.25) is 5.02 Å². The average molecular weight is 360 g/mol. The summed E-state index contributed by atoms with van der Waals surface area (Å²) in [6.45, 7) is 3.83. The predicted molar refractivity (Wildman–Crippen MR) is 94.5 cm³/mol. The van der Waals surface area contributed by atoms with Gasteiger partial charge in [0.25, 0.3) is 5.88 Å². The van der Waals surface area contributed by atoms with Crippen molar-refractivity contribution in [1.29, 1.82) is 0 Å². The Morgan fingerprint density at radius 2 is 2.28 bits per heavy atom. The van der Waals surface area contributed by atoms with E-state index in [4.69, 9.17) is 25.8 Å². The maximum atomic E-state index is 6.30. The number of ether oxygens (including phenoxy) is 3. The topological polar surface area (TPSA) is 57.9 Å². The first-order chi connectivity index (χ1) is 12.2. The van der Waals surface area contributed by atoms with Crippen LogP contribution in [-0.2, 0) is 4.74 Å². The number of aromatic nitrogens is 3. The van der Waals surface area contributed by atoms with E-state index in [9.17, 15) is 0 Å². The number of fused-ring (bicyclic) bond motifs is 1. The van der Waals surface area contributed by atoms with Gasteiger partial charge in [0.2, 0.25) is 0 Å². The summed E-state index contributed by atoms with van der Waals surface area (Å²) in [5, 5.41) is 5.00. The second-order valence-electron chi connectivity index (χ2n) is 5.78. The Bertz CT molecular complexity index is 890. The highest BCUT2D eigenvalue weighted by atomic mass is 35.5. The maximum Gasteiger partial charge on any atom is 0.251 e. The zero-order valence-corrected chi connectivity index (χ0v) is 14.6. The summed E-state index contributed by atoms with van der Waals surface area (Å²) in [4.78, 5) is 4.40. The summed E-state index contributed by atoms with van der Waals surface area (Å²) in [6, 6.07) is 9.59. The summed E-state index contributed by atoms with van der Waals surface area (Å²) in [5.74, 6) is 1.20. The molecule has 130 valence electrons. The van der Waals surface area contributed by atoms with Crippen molar-refractivity contribution in [1.82, 2.24) is 14.6 Å². The first-order valence-corrected chi connectivity index (χ1v) is 8.64. The second-order valence-corrected chi connectivity index (χ2v) is 6.18. The Kier molecular flexibility index (Phi) is 4.46. The van der Waals surface area contributed by atoms with E-state index < -0.39 is 0 Å². The van der Waals surface area contributed by atoms with Gasteiger partial charge in [-0.1, -0.05) is 23.7 Å². The molecule has 0 aliphatic carbocycles. The number of halogens is 1. The standard InChI is InChI=1S/C18H18ClN3O3/c1-2-24-13-5-3-4-12(8-13)16-10-20-17-9-15(19)18(21-22(16)17)25-14-6-7-23-11-14/h3-5,8-10,14H,2,6-7,11H2,1H3. The van der Waals surface area contributed by atoms with Crippen molar-refractivity contribution in [2.24, 2.45) is 0 Å². The summed E-state index contributed by atoms with van der Waals surface area (Å²) in [6.07, 6.45) is 2.59. The van der Waals surface area contributed by atoms with Gasteiger partial charge in [-0.2, -0.15) is 0 Å². The van der Waals surface area contributed by atoms with Gasteiger partial charge in [-0.3, -0.25) is 0 Å². The van der Waals surface area contributed by atoms with Crippen molar-refractivity contribution in [2.75, 3.05) is 19.8 Å². The zero-order valence-electron chi connectivity index (χ0n) is 13.8. The van der Waals surface area contributed by atoms with E-state index in [-0.39, 0.29) is 6.10 Å². The molecule has 0 bridgehead atoms. The fourth-order valence-corrected chi connectivity index (χ4v) is 3.01. The summed E-state index contributed by atoms with van der Waals surface area (Å²) >= 11 is 6.30. The third-order valence-corrected chi connectivity index (χ3v) is 4.29. The largest absolute Gasteiger partial charge is 0.494 e. The molecule has 1 aliphatic heterocycles. The van der Waals surface area contributed by atoms with Gasteiger partial charge in [0.15, 0.2) is 5.65 Å². The molecule has 2 aromatic heterocycles. The molecule has 25 heavy (non-hydrogen) atoms. The van der Waals surface area contributed by atoms with Gasteiger partial charge in [-0.05, 0) is 19.1 Å². The molecular formula is C18H18ClN3O3. The molecule has 0 amide bonds. The third-order valence-electron chi connectivity index (χ3n) is 4.02. The highest BCUT2D eigenvalue weighted by Crippen LogP contribution is 2.29. The van der Waals surface area contributed by atoms with Gasteiger partial charge in [-0.25, -0.2) is 9.50 Å². The van der Waals surface area contributed by atoms with Crippen LogP contribution in [0, 0.1) is 0 Å². The van der Waals surface area contributed by atoms with Crippen molar-refractivity contribution >= 4 is 17.2 Å². The molecule has 1 aromatic carbocycles. The minimum absolute atomic E-state index is 0.0179. The molecule has 3 heterocycles. The molecule has 0 spiro atoms. The molecule has 0 N–H and O–H groups in total. The van der Waals surface area contributed by atoms with Gasteiger partial charge in [-0.15, -0.1) is 5.10 Å². The van der Waals surface area contributed by atoms with E-state index in [0.29, 0.717) is 36.4 Å². The lowest BCUT2D eigenvalue weighted by atomic mass is 10.1. The van der Waals surface area contributed by atoms with E-state index in [1.54, 1.807) is 16.8 Å². The van der Waals surface area contributed by atoms with E-state index in [1.807, 2.05) is 31.2 Å². The quantitative estimate of drug-likeness (QED) is 0.696. The normalized spacial score (nSPS) is 17.1. The number of benzene rings is 1. The Morgan fingerprint density at radius 3 is 3.08 bits per heavy atom.